The summed E-state index contributed by atoms with van der Waals surface area (Å²) in [6, 6.07) is 19.6. The van der Waals surface area contributed by atoms with Gasteiger partial charge in [-0.1, -0.05) is 59.9 Å². The zero-order chi connectivity index (χ0) is 19.3. The summed E-state index contributed by atoms with van der Waals surface area (Å²) in [6.07, 6.45) is 1.87. The second-order valence-corrected chi connectivity index (χ2v) is 7.78. The SMILES string of the molecule is O=C(Nc1nnc(CCc2ccccc2)s1)C1CC(=O)N(c2ccccc2)C1. The highest BCUT2D eigenvalue weighted by Gasteiger charge is 2.35. The standard InChI is InChI=1S/C21H20N4O2S/c26-19-13-16(14-25(19)17-9-5-2-6-10-17)20(27)22-21-24-23-18(28-21)12-11-15-7-3-1-4-8-15/h1-10,16H,11-14H2,(H,22,24,27). The lowest BCUT2D eigenvalue weighted by Crippen LogP contribution is -2.28. The molecule has 6 nitrogen and oxygen atoms in total. The monoisotopic (exact) mass is 392 g/mol. The molecule has 1 aliphatic rings. The Hall–Kier alpha value is -3.06. The maximum Gasteiger partial charge on any atom is 0.231 e. The van der Waals surface area contributed by atoms with E-state index in [-0.39, 0.29) is 24.2 Å². The van der Waals surface area contributed by atoms with Gasteiger partial charge < -0.3 is 10.2 Å². The van der Waals surface area contributed by atoms with Crippen molar-refractivity contribution in [1.82, 2.24) is 10.2 Å². The molecule has 0 bridgehead atoms. The van der Waals surface area contributed by atoms with Gasteiger partial charge in [0, 0.05) is 25.1 Å². The second kappa shape index (κ2) is 8.31. The summed E-state index contributed by atoms with van der Waals surface area (Å²) in [4.78, 5) is 26.5. The first-order chi connectivity index (χ1) is 13.7. The Morgan fingerprint density at radius 2 is 1.75 bits per heavy atom. The lowest BCUT2D eigenvalue weighted by Gasteiger charge is -2.16. The molecule has 4 rings (SSSR count). The van der Waals surface area contributed by atoms with Crippen LogP contribution in [0.25, 0.3) is 0 Å². The number of hydrogen-bond donors (Lipinski definition) is 1. The number of hydrogen-bond acceptors (Lipinski definition) is 5. The molecule has 0 aliphatic carbocycles. The Balaban J connectivity index is 1.33. The topological polar surface area (TPSA) is 75.2 Å². The molecule has 0 radical (unpaired) electrons. The molecule has 0 spiro atoms. The highest BCUT2D eigenvalue weighted by atomic mass is 32.1. The van der Waals surface area contributed by atoms with Crippen LogP contribution in [-0.2, 0) is 22.4 Å². The average Bonchev–Trinajstić information content (AvgIpc) is 3.34. The van der Waals surface area contributed by atoms with Gasteiger partial charge in [-0.05, 0) is 24.1 Å². The van der Waals surface area contributed by atoms with E-state index in [1.54, 1.807) is 4.90 Å². The van der Waals surface area contributed by atoms with Gasteiger partial charge in [-0.3, -0.25) is 9.59 Å². The van der Waals surface area contributed by atoms with Crippen LogP contribution < -0.4 is 10.2 Å². The molecule has 1 fully saturated rings. The van der Waals surface area contributed by atoms with E-state index < -0.39 is 0 Å². The van der Waals surface area contributed by atoms with Crippen molar-refractivity contribution in [2.24, 2.45) is 5.92 Å². The molecule has 1 saturated heterocycles. The molecule has 2 aromatic carbocycles. The minimum absolute atomic E-state index is 0.0350. The van der Waals surface area contributed by atoms with E-state index in [1.165, 1.54) is 16.9 Å². The number of para-hydroxylation sites is 1. The van der Waals surface area contributed by atoms with Crippen molar-refractivity contribution < 1.29 is 9.59 Å². The first kappa shape index (κ1) is 18.3. The molecule has 1 atom stereocenters. The number of aryl methyl sites for hydroxylation is 2. The van der Waals surface area contributed by atoms with E-state index in [0.29, 0.717) is 11.7 Å². The fourth-order valence-corrected chi connectivity index (χ4v) is 3.99. The second-order valence-electron chi connectivity index (χ2n) is 6.72. The first-order valence-electron chi connectivity index (χ1n) is 9.21. The van der Waals surface area contributed by atoms with Crippen LogP contribution in [0.5, 0.6) is 0 Å². The largest absolute Gasteiger partial charge is 0.312 e. The van der Waals surface area contributed by atoms with Gasteiger partial charge in [0.25, 0.3) is 0 Å². The molecule has 1 unspecified atom stereocenters. The van der Waals surface area contributed by atoms with Gasteiger partial charge in [-0.15, -0.1) is 10.2 Å². The normalized spacial score (nSPS) is 16.4. The Labute approximate surface area is 167 Å². The van der Waals surface area contributed by atoms with E-state index in [4.69, 9.17) is 0 Å². The Morgan fingerprint density at radius 1 is 1.04 bits per heavy atom. The number of carbonyl (C=O) groups excluding carboxylic acids is 2. The Kier molecular flexibility index (Phi) is 5.43. The minimum Gasteiger partial charge on any atom is -0.312 e. The summed E-state index contributed by atoms with van der Waals surface area (Å²) in [5.74, 6) is -0.603. The summed E-state index contributed by atoms with van der Waals surface area (Å²) < 4.78 is 0. The van der Waals surface area contributed by atoms with E-state index in [1.807, 2.05) is 48.5 Å². The highest BCUT2D eigenvalue weighted by Crippen LogP contribution is 2.26. The summed E-state index contributed by atoms with van der Waals surface area (Å²) in [5.41, 5.74) is 2.07. The fraction of sp³-hybridized carbons (Fsp3) is 0.238. The molecule has 7 heteroatoms. The van der Waals surface area contributed by atoms with Crippen molar-refractivity contribution in [2.45, 2.75) is 19.3 Å². The van der Waals surface area contributed by atoms with Crippen LogP contribution in [0, 0.1) is 5.92 Å². The number of nitrogens with zero attached hydrogens (tertiary/aromatic N) is 3. The quantitative estimate of drug-likeness (QED) is 0.698. The maximum absolute atomic E-state index is 12.6. The van der Waals surface area contributed by atoms with Gasteiger partial charge >= 0.3 is 0 Å². The van der Waals surface area contributed by atoms with Crippen LogP contribution in [0.1, 0.15) is 17.0 Å². The molecule has 28 heavy (non-hydrogen) atoms. The molecule has 1 aliphatic heterocycles. The molecule has 2 amide bonds. The number of aromatic nitrogens is 2. The fourth-order valence-electron chi connectivity index (χ4n) is 3.25. The third-order valence-electron chi connectivity index (χ3n) is 4.73. The van der Waals surface area contributed by atoms with Crippen LogP contribution >= 0.6 is 11.3 Å². The van der Waals surface area contributed by atoms with Crippen LogP contribution in [0.2, 0.25) is 0 Å². The summed E-state index contributed by atoms with van der Waals surface area (Å²) in [5, 5.41) is 12.4. The van der Waals surface area contributed by atoms with Crippen molar-refractivity contribution in [3.8, 4) is 0 Å². The van der Waals surface area contributed by atoms with Crippen LogP contribution in [0.15, 0.2) is 60.7 Å². The van der Waals surface area contributed by atoms with E-state index in [0.717, 1.165) is 23.5 Å². The van der Waals surface area contributed by atoms with Gasteiger partial charge in [-0.2, -0.15) is 0 Å². The smallest absolute Gasteiger partial charge is 0.231 e. The number of benzene rings is 2. The van der Waals surface area contributed by atoms with Crippen molar-refractivity contribution in [1.29, 1.82) is 0 Å². The van der Waals surface area contributed by atoms with Gasteiger partial charge in [0.15, 0.2) is 0 Å². The zero-order valence-corrected chi connectivity index (χ0v) is 16.1. The van der Waals surface area contributed by atoms with Crippen LogP contribution in [0.4, 0.5) is 10.8 Å². The Morgan fingerprint density at radius 3 is 2.50 bits per heavy atom. The number of carbonyl (C=O) groups is 2. The highest BCUT2D eigenvalue weighted by molar-refractivity contribution is 7.15. The van der Waals surface area contributed by atoms with E-state index in [9.17, 15) is 9.59 Å². The summed E-state index contributed by atoms with van der Waals surface area (Å²) in [6.45, 7) is 0.383. The maximum atomic E-state index is 12.6. The predicted octanol–water partition coefficient (Wildman–Crippen LogP) is 3.31. The van der Waals surface area contributed by atoms with Gasteiger partial charge in [0.1, 0.15) is 5.01 Å². The minimum atomic E-state index is -0.385. The third-order valence-corrected chi connectivity index (χ3v) is 5.63. The Bertz CT molecular complexity index is 959. The molecule has 142 valence electrons. The van der Waals surface area contributed by atoms with Gasteiger partial charge in [-0.25, -0.2) is 0 Å². The van der Waals surface area contributed by atoms with Gasteiger partial charge in [0.2, 0.25) is 16.9 Å². The van der Waals surface area contributed by atoms with E-state index >= 15 is 0 Å². The van der Waals surface area contributed by atoms with Crippen molar-refractivity contribution in [3.63, 3.8) is 0 Å². The van der Waals surface area contributed by atoms with Crippen molar-refractivity contribution >= 4 is 34.0 Å². The van der Waals surface area contributed by atoms with Crippen molar-refractivity contribution in [2.75, 3.05) is 16.8 Å². The number of amides is 2. The molecular weight excluding hydrogens is 372 g/mol. The number of anilines is 2. The summed E-state index contributed by atoms with van der Waals surface area (Å²) >= 11 is 1.38. The third kappa shape index (κ3) is 4.26. The molecule has 1 N–H and O–H groups in total. The van der Waals surface area contributed by atoms with Crippen LogP contribution in [-0.4, -0.2) is 28.6 Å². The molecular formula is C21H20N4O2S. The number of rotatable bonds is 6. The van der Waals surface area contributed by atoms with Crippen LogP contribution in [0.3, 0.4) is 0 Å². The number of nitrogens with one attached hydrogen (secondary N) is 1. The zero-order valence-electron chi connectivity index (χ0n) is 15.2. The first-order valence-corrected chi connectivity index (χ1v) is 10.0. The van der Waals surface area contributed by atoms with E-state index in [2.05, 4.69) is 27.6 Å². The molecule has 2 heterocycles. The predicted molar refractivity (Wildman–Crippen MR) is 109 cm³/mol. The average molecular weight is 392 g/mol. The van der Waals surface area contributed by atoms with Gasteiger partial charge in [0.05, 0.1) is 5.92 Å². The lowest BCUT2D eigenvalue weighted by molar-refractivity contribution is -0.122. The molecule has 3 aromatic rings. The lowest BCUT2D eigenvalue weighted by atomic mass is 10.1. The van der Waals surface area contributed by atoms with Crippen molar-refractivity contribution in [3.05, 3.63) is 71.2 Å². The molecule has 1 aromatic heterocycles. The molecule has 0 saturated carbocycles. The summed E-state index contributed by atoms with van der Waals surface area (Å²) in [7, 11) is 0.